The molecular formula is C26H22ClN5O4. The standard InChI is InChI=1S/C26H22ClN5O4/c1-14-24-30-31-25(17-7-5-6-8-18(17)27)32(24)20-11-15(9-10-19(20)28-14)26(33)29-16-12-21(34-2)23(36-4)22(13-16)35-3/h5-13H,1-4H3,(H,29,33). The van der Waals surface area contributed by atoms with E-state index in [2.05, 4.69) is 20.5 Å². The molecule has 0 bridgehead atoms. The highest BCUT2D eigenvalue weighted by Gasteiger charge is 2.19. The summed E-state index contributed by atoms with van der Waals surface area (Å²) in [6.45, 7) is 1.87. The van der Waals surface area contributed by atoms with Gasteiger partial charge in [0, 0.05) is 28.9 Å². The number of hydrogen-bond donors (Lipinski definition) is 1. The van der Waals surface area contributed by atoms with Gasteiger partial charge in [-0.1, -0.05) is 23.7 Å². The van der Waals surface area contributed by atoms with Crippen molar-refractivity contribution in [2.45, 2.75) is 6.92 Å². The van der Waals surface area contributed by atoms with Crippen molar-refractivity contribution in [3.63, 3.8) is 0 Å². The van der Waals surface area contributed by atoms with Gasteiger partial charge in [0.25, 0.3) is 5.91 Å². The molecule has 2 heterocycles. The molecule has 10 heteroatoms. The van der Waals surface area contributed by atoms with Gasteiger partial charge in [-0.15, -0.1) is 10.2 Å². The molecule has 2 aromatic heterocycles. The number of carbonyl (C=O) groups is 1. The Labute approximate surface area is 211 Å². The summed E-state index contributed by atoms with van der Waals surface area (Å²) in [6, 6.07) is 16.0. The lowest BCUT2D eigenvalue weighted by Crippen LogP contribution is -2.12. The second-order valence-electron chi connectivity index (χ2n) is 7.93. The predicted octanol–water partition coefficient (Wildman–Crippen LogP) is 5.18. The van der Waals surface area contributed by atoms with Crippen LogP contribution in [0.4, 0.5) is 5.69 Å². The monoisotopic (exact) mass is 503 g/mol. The Hall–Kier alpha value is -4.37. The molecule has 0 unspecified atom stereocenters. The molecule has 5 aromatic rings. The molecule has 0 saturated carbocycles. The van der Waals surface area contributed by atoms with Gasteiger partial charge in [-0.25, -0.2) is 4.98 Å². The maximum Gasteiger partial charge on any atom is 0.255 e. The van der Waals surface area contributed by atoms with Crippen molar-refractivity contribution in [2.75, 3.05) is 26.6 Å². The van der Waals surface area contributed by atoms with E-state index in [1.807, 2.05) is 29.5 Å². The largest absolute Gasteiger partial charge is 0.493 e. The van der Waals surface area contributed by atoms with Crippen molar-refractivity contribution in [1.29, 1.82) is 0 Å². The number of methoxy groups -OCH3 is 3. The van der Waals surface area contributed by atoms with Crippen LogP contribution in [-0.4, -0.2) is 46.8 Å². The third-order valence-corrected chi connectivity index (χ3v) is 6.12. The van der Waals surface area contributed by atoms with Crippen molar-refractivity contribution in [2.24, 2.45) is 0 Å². The Bertz CT molecular complexity index is 1610. The molecule has 182 valence electrons. The number of hydrogen-bond acceptors (Lipinski definition) is 7. The van der Waals surface area contributed by atoms with E-state index in [9.17, 15) is 4.79 Å². The van der Waals surface area contributed by atoms with Gasteiger partial charge in [0.1, 0.15) is 0 Å². The summed E-state index contributed by atoms with van der Waals surface area (Å²) < 4.78 is 18.0. The number of nitrogens with zero attached hydrogens (tertiary/aromatic N) is 4. The van der Waals surface area contributed by atoms with E-state index in [0.29, 0.717) is 61.7 Å². The van der Waals surface area contributed by atoms with Gasteiger partial charge in [0.05, 0.1) is 43.1 Å². The topological polar surface area (TPSA) is 99.9 Å². The lowest BCUT2D eigenvalue weighted by Gasteiger charge is -2.15. The van der Waals surface area contributed by atoms with Crippen LogP contribution in [0.3, 0.4) is 0 Å². The van der Waals surface area contributed by atoms with Crippen LogP contribution < -0.4 is 19.5 Å². The smallest absolute Gasteiger partial charge is 0.255 e. The molecule has 36 heavy (non-hydrogen) atoms. The normalized spacial score (nSPS) is 11.0. The van der Waals surface area contributed by atoms with Crippen molar-refractivity contribution in [3.8, 4) is 28.6 Å². The van der Waals surface area contributed by atoms with E-state index < -0.39 is 0 Å². The van der Waals surface area contributed by atoms with Crippen molar-refractivity contribution >= 4 is 39.9 Å². The number of carbonyl (C=O) groups excluding carboxylic acids is 1. The molecule has 0 radical (unpaired) electrons. The minimum atomic E-state index is -0.327. The molecule has 0 aliphatic heterocycles. The molecule has 0 atom stereocenters. The van der Waals surface area contributed by atoms with E-state index in [0.717, 1.165) is 5.56 Å². The second kappa shape index (κ2) is 9.35. The first kappa shape index (κ1) is 23.4. The van der Waals surface area contributed by atoms with Gasteiger partial charge in [0.15, 0.2) is 23.0 Å². The first-order valence-corrected chi connectivity index (χ1v) is 11.3. The Morgan fingerprint density at radius 2 is 1.67 bits per heavy atom. The first-order valence-electron chi connectivity index (χ1n) is 11.0. The minimum Gasteiger partial charge on any atom is -0.493 e. The second-order valence-corrected chi connectivity index (χ2v) is 8.34. The number of rotatable bonds is 6. The quantitative estimate of drug-likeness (QED) is 0.340. The molecule has 0 fully saturated rings. The minimum absolute atomic E-state index is 0.327. The average Bonchev–Trinajstić information content (AvgIpc) is 3.34. The maximum atomic E-state index is 13.3. The molecule has 0 aliphatic carbocycles. The molecule has 5 rings (SSSR count). The summed E-state index contributed by atoms with van der Waals surface area (Å²) in [7, 11) is 4.55. The zero-order chi connectivity index (χ0) is 25.4. The highest BCUT2D eigenvalue weighted by molar-refractivity contribution is 6.33. The summed E-state index contributed by atoms with van der Waals surface area (Å²) in [5.41, 5.74) is 4.30. The van der Waals surface area contributed by atoms with Crippen molar-refractivity contribution < 1.29 is 19.0 Å². The highest BCUT2D eigenvalue weighted by Crippen LogP contribution is 2.40. The first-order chi connectivity index (χ1) is 17.4. The van der Waals surface area contributed by atoms with Crippen molar-refractivity contribution in [1.82, 2.24) is 19.6 Å². The van der Waals surface area contributed by atoms with Crippen LogP contribution in [0.2, 0.25) is 5.02 Å². The van der Waals surface area contributed by atoms with Gasteiger partial charge < -0.3 is 19.5 Å². The van der Waals surface area contributed by atoms with E-state index in [4.69, 9.17) is 25.8 Å². The molecule has 3 aromatic carbocycles. The third kappa shape index (κ3) is 3.93. The fraction of sp³-hybridized carbons (Fsp3) is 0.154. The summed E-state index contributed by atoms with van der Waals surface area (Å²) in [6.07, 6.45) is 0. The summed E-state index contributed by atoms with van der Waals surface area (Å²) in [5.74, 6) is 1.54. The number of ether oxygens (including phenoxy) is 3. The zero-order valence-corrected chi connectivity index (χ0v) is 20.8. The zero-order valence-electron chi connectivity index (χ0n) is 20.0. The van der Waals surface area contributed by atoms with E-state index in [1.54, 1.807) is 36.4 Å². The van der Waals surface area contributed by atoms with Crippen molar-refractivity contribution in [3.05, 3.63) is 70.9 Å². The highest BCUT2D eigenvalue weighted by atomic mass is 35.5. The molecule has 9 nitrogen and oxygen atoms in total. The van der Waals surface area contributed by atoms with Crippen LogP contribution in [0.1, 0.15) is 16.1 Å². The Kier molecular flexibility index (Phi) is 6.07. The number of fused-ring (bicyclic) bond motifs is 3. The van der Waals surface area contributed by atoms with Crippen LogP contribution >= 0.6 is 11.6 Å². The molecule has 0 spiro atoms. The number of aryl methyl sites for hydroxylation is 1. The van der Waals surface area contributed by atoms with Crippen LogP contribution in [0.25, 0.3) is 28.1 Å². The predicted molar refractivity (Wildman–Crippen MR) is 138 cm³/mol. The van der Waals surface area contributed by atoms with Crippen LogP contribution in [-0.2, 0) is 0 Å². The summed E-state index contributed by atoms with van der Waals surface area (Å²) in [4.78, 5) is 17.9. The molecular weight excluding hydrogens is 482 g/mol. The summed E-state index contributed by atoms with van der Waals surface area (Å²) >= 11 is 6.46. The average molecular weight is 504 g/mol. The fourth-order valence-corrected chi connectivity index (χ4v) is 4.31. The summed E-state index contributed by atoms with van der Waals surface area (Å²) in [5, 5.41) is 12.2. The number of aromatic nitrogens is 4. The Morgan fingerprint density at radius 3 is 2.33 bits per heavy atom. The number of nitrogens with one attached hydrogen (secondary N) is 1. The number of benzene rings is 3. The number of anilines is 1. The van der Waals surface area contributed by atoms with E-state index in [1.165, 1.54) is 21.3 Å². The Morgan fingerprint density at radius 1 is 0.944 bits per heavy atom. The molecule has 0 aliphatic rings. The van der Waals surface area contributed by atoms with Gasteiger partial charge in [-0.2, -0.15) is 0 Å². The van der Waals surface area contributed by atoms with Crippen LogP contribution in [0.15, 0.2) is 54.6 Å². The maximum absolute atomic E-state index is 13.3. The van der Waals surface area contributed by atoms with Gasteiger partial charge >= 0.3 is 0 Å². The number of halogens is 1. The lowest BCUT2D eigenvalue weighted by atomic mass is 10.1. The van der Waals surface area contributed by atoms with E-state index in [-0.39, 0.29) is 5.91 Å². The number of amides is 1. The van der Waals surface area contributed by atoms with Gasteiger partial charge in [0.2, 0.25) is 5.75 Å². The van der Waals surface area contributed by atoms with Crippen LogP contribution in [0, 0.1) is 6.92 Å². The lowest BCUT2D eigenvalue weighted by molar-refractivity contribution is 0.102. The molecule has 1 amide bonds. The Balaban J connectivity index is 1.61. The van der Waals surface area contributed by atoms with Crippen LogP contribution in [0.5, 0.6) is 17.2 Å². The van der Waals surface area contributed by atoms with E-state index >= 15 is 0 Å². The third-order valence-electron chi connectivity index (χ3n) is 5.79. The molecule has 1 N–H and O–H groups in total. The van der Waals surface area contributed by atoms with Gasteiger partial charge in [-0.05, 0) is 37.3 Å². The van der Waals surface area contributed by atoms with Gasteiger partial charge in [-0.3, -0.25) is 9.20 Å². The fourth-order valence-electron chi connectivity index (χ4n) is 4.09. The molecule has 0 saturated heterocycles. The SMILES string of the molecule is COc1cc(NC(=O)c2ccc3nc(C)c4nnc(-c5ccccc5Cl)n4c3c2)cc(OC)c1OC.